The Balaban J connectivity index is 1.65. The molecule has 0 spiro atoms. The lowest BCUT2D eigenvalue weighted by molar-refractivity contribution is -0.384. The number of benzene rings is 2. The lowest BCUT2D eigenvalue weighted by Crippen LogP contribution is -2.20. The van der Waals surface area contributed by atoms with Gasteiger partial charge in [0.2, 0.25) is 9.84 Å². The molecule has 0 saturated heterocycles. The van der Waals surface area contributed by atoms with Crippen molar-refractivity contribution in [1.29, 1.82) is 0 Å². The Labute approximate surface area is 181 Å². The first-order valence-electron chi connectivity index (χ1n) is 8.91. The molecule has 1 heterocycles. The molecule has 0 aliphatic carbocycles. The number of hydrogen-bond acceptors (Lipinski definition) is 9. The van der Waals surface area contributed by atoms with Gasteiger partial charge in [-0.1, -0.05) is 23.5 Å². The number of para-hydroxylation sites is 2. The highest BCUT2D eigenvalue weighted by Crippen LogP contribution is 2.30. The zero-order valence-corrected chi connectivity index (χ0v) is 17.8. The lowest BCUT2D eigenvalue weighted by atomic mass is 10.3. The summed E-state index contributed by atoms with van der Waals surface area (Å²) in [6.07, 6.45) is 1.11. The average molecular weight is 463 g/mol. The number of nitro benzene ring substituents is 1. The standard InChI is InChI=1S/C19H17N3O7S2/c1-2-28-15-5-3-4-6-16(15)29-12-17(23)21-19-20-11-18(30-19)31(26,27)14-9-7-13(8-10-14)22(24)25/h3-11H,2,12H2,1H3,(H,20,21,23). The zero-order valence-electron chi connectivity index (χ0n) is 16.2. The number of ether oxygens (including phenoxy) is 2. The summed E-state index contributed by atoms with van der Waals surface area (Å²) in [7, 11) is -3.93. The van der Waals surface area contributed by atoms with Crippen LogP contribution in [-0.2, 0) is 14.6 Å². The number of carbonyl (C=O) groups is 1. The lowest BCUT2D eigenvalue weighted by Gasteiger charge is -2.10. The summed E-state index contributed by atoms with van der Waals surface area (Å²) in [5.41, 5.74) is -0.220. The summed E-state index contributed by atoms with van der Waals surface area (Å²) in [4.78, 5) is 26.1. The number of sulfone groups is 1. The number of carbonyl (C=O) groups excluding carboxylic acids is 1. The Bertz CT molecular complexity index is 1190. The van der Waals surface area contributed by atoms with Crippen molar-refractivity contribution >= 4 is 37.9 Å². The smallest absolute Gasteiger partial charge is 0.269 e. The normalized spacial score (nSPS) is 11.0. The molecule has 0 radical (unpaired) electrons. The second kappa shape index (κ2) is 9.53. The number of non-ortho nitro benzene ring substituents is 1. The van der Waals surface area contributed by atoms with Gasteiger partial charge in [-0.15, -0.1) is 0 Å². The maximum absolute atomic E-state index is 12.7. The molecule has 2 aromatic carbocycles. The minimum absolute atomic E-state index is 0.0761. The summed E-state index contributed by atoms with van der Waals surface area (Å²) in [6.45, 7) is 1.94. The Morgan fingerprint density at radius 1 is 1.13 bits per heavy atom. The topological polar surface area (TPSA) is 138 Å². The van der Waals surface area contributed by atoms with Crippen molar-refractivity contribution in [1.82, 2.24) is 4.98 Å². The van der Waals surface area contributed by atoms with Gasteiger partial charge in [0.1, 0.15) is 4.21 Å². The predicted molar refractivity (Wildman–Crippen MR) is 112 cm³/mol. The molecule has 0 aliphatic heterocycles. The van der Waals surface area contributed by atoms with Crippen molar-refractivity contribution in [2.75, 3.05) is 18.5 Å². The molecule has 12 heteroatoms. The van der Waals surface area contributed by atoms with Crippen LogP contribution in [-0.4, -0.2) is 37.4 Å². The summed E-state index contributed by atoms with van der Waals surface area (Å²) in [5, 5.41) is 13.3. The van der Waals surface area contributed by atoms with Gasteiger partial charge in [0, 0.05) is 12.1 Å². The fourth-order valence-corrected chi connectivity index (χ4v) is 4.90. The highest BCUT2D eigenvalue weighted by molar-refractivity contribution is 7.93. The number of rotatable bonds is 9. The molecule has 0 atom stereocenters. The Morgan fingerprint density at radius 3 is 2.39 bits per heavy atom. The van der Waals surface area contributed by atoms with E-state index in [1.807, 2.05) is 6.92 Å². The molecular weight excluding hydrogens is 446 g/mol. The van der Waals surface area contributed by atoms with E-state index in [2.05, 4.69) is 10.3 Å². The van der Waals surface area contributed by atoms with Gasteiger partial charge >= 0.3 is 0 Å². The van der Waals surface area contributed by atoms with Crippen LogP contribution in [0.25, 0.3) is 0 Å². The summed E-state index contributed by atoms with van der Waals surface area (Å²) < 4.78 is 36.1. The van der Waals surface area contributed by atoms with Crippen LogP contribution in [0.15, 0.2) is 63.8 Å². The van der Waals surface area contributed by atoms with Crippen LogP contribution in [0, 0.1) is 10.1 Å². The van der Waals surface area contributed by atoms with E-state index in [1.54, 1.807) is 24.3 Å². The number of anilines is 1. The molecule has 0 unspecified atom stereocenters. The third-order valence-corrected chi connectivity index (χ3v) is 7.00. The summed E-state index contributed by atoms with van der Waals surface area (Å²) in [5.74, 6) is 0.378. The SMILES string of the molecule is CCOc1ccccc1OCC(=O)Nc1ncc(S(=O)(=O)c2ccc([N+](=O)[O-])cc2)s1. The molecule has 10 nitrogen and oxygen atoms in total. The molecule has 0 saturated carbocycles. The fraction of sp³-hybridized carbons (Fsp3) is 0.158. The van der Waals surface area contributed by atoms with Crippen LogP contribution < -0.4 is 14.8 Å². The predicted octanol–water partition coefficient (Wildman–Crippen LogP) is 3.30. The first kappa shape index (κ1) is 22.2. The molecule has 1 amide bonds. The number of nitro groups is 1. The molecule has 0 bridgehead atoms. The van der Waals surface area contributed by atoms with Crippen LogP contribution >= 0.6 is 11.3 Å². The molecule has 3 rings (SSSR count). The number of thiazole rings is 1. The van der Waals surface area contributed by atoms with Crippen molar-refractivity contribution in [3.63, 3.8) is 0 Å². The van der Waals surface area contributed by atoms with Gasteiger partial charge in [-0.05, 0) is 31.2 Å². The van der Waals surface area contributed by atoms with E-state index in [0.717, 1.165) is 41.8 Å². The molecule has 3 aromatic rings. The molecule has 1 aromatic heterocycles. The van der Waals surface area contributed by atoms with Gasteiger partial charge in [0.25, 0.3) is 11.6 Å². The van der Waals surface area contributed by atoms with Gasteiger partial charge in [-0.2, -0.15) is 0 Å². The number of aromatic nitrogens is 1. The largest absolute Gasteiger partial charge is 0.490 e. The van der Waals surface area contributed by atoms with Crippen molar-refractivity contribution in [3.8, 4) is 11.5 Å². The van der Waals surface area contributed by atoms with Crippen LogP contribution in [0.4, 0.5) is 10.8 Å². The maximum Gasteiger partial charge on any atom is 0.269 e. The van der Waals surface area contributed by atoms with Gasteiger partial charge in [0.05, 0.1) is 22.6 Å². The molecule has 1 N–H and O–H groups in total. The van der Waals surface area contributed by atoms with E-state index in [4.69, 9.17) is 9.47 Å². The molecular formula is C19H17N3O7S2. The second-order valence-corrected chi connectivity index (χ2v) is 9.16. The van der Waals surface area contributed by atoms with E-state index < -0.39 is 20.7 Å². The molecule has 0 fully saturated rings. The Kier molecular flexibility index (Phi) is 6.82. The highest BCUT2D eigenvalue weighted by Gasteiger charge is 2.22. The maximum atomic E-state index is 12.7. The Hall–Kier alpha value is -3.51. The van der Waals surface area contributed by atoms with Gasteiger partial charge in [-0.3, -0.25) is 20.2 Å². The number of nitrogens with one attached hydrogen (secondary N) is 1. The highest BCUT2D eigenvalue weighted by atomic mass is 32.2. The Morgan fingerprint density at radius 2 is 1.77 bits per heavy atom. The van der Waals surface area contributed by atoms with E-state index in [1.165, 1.54) is 0 Å². The monoisotopic (exact) mass is 463 g/mol. The van der Waals surface area contributed by atoms with Gasteiger partial charge in [-0.25, -0.2) is 13.4 Å². The summed E-state index contributed by atoms with van der Waals surface area (Å²) in [6, 6.07) is 11.4. The van der Waals surface area contributed by atoms with E-state index >= 15 is 0 Å². The van der Waals surface area contributed by atoms with Crippen molar-refractivity contribution in [3.05, 3.63) is 64.8 Å². The summed E-state index contributed by atoms with van der Waals surface area (Å²) >= 11 is 0.761. The van der Waals surface area contributed by atoms with E-state index in [-0.39, 0.29) is 26.5 Å². The van der Waals surface area contributed by atoms with E-state index in [0.29, 0.717) is 18.1 Å². The second-order valence-electron chi connectivity index (χ2n) is 5.96. The van der Waals surface area contributed by atoms with Crippen LogP contribution in [0.2, 0.25) is 0 Å². The van der Waals surface area contributed by atoms with Gasteiger partial charge in [0.15, 0.2) is 23.2 Å². The molecule has 162 valence electrons. The third-order valence-electron chi connectivity index (χ3n) is 3.86. The fourth-order valence-electron chi connectivity index (χ4n) is 2.45. The van der Waals surface area contributed by atoms with Gasteiger partial charge < -0.3 is 9.47 Å². The quantitative estimate of drug-likeness (QED) is 0.377. The zero-order chi connectivity index (χ0) is 22.4. The first-order valence-corrected chi connectivity index (χ1v) is 11.2. The average Bonchev–Trinajstić information content (AvgIpc) is 3.22. The van der Waals surface area contributed by atoms with Crippen molar-refractivity contribution in [2.24, 2.45) is 0 Å². The van der Waals surface area contributed by atoms with Crippen LogP contribution in [0.5, 0.6) is 11.5 Å². The first-order chi connectivity index (χ1) is 14.8. The number of amides is 1. The minimum atomic E-state index is -3.93. The van der Waals surface area contributed by atoms with Crippen molar-refractivity contribution < 1.29 is 27.6 Å². The van der Waals surface area contributed by atoms with Crippen LogP contribution in [0.1, 0.15) is 6.92 Å². The molecule has 0 aliphatic rings. The van der Waals surface area contributed by atoms with Crippen LogP contribution in [0.3, 0.4) is 0 Å². The molecule has 31 heavy (non-hydrogen) atoms. The number of nitrogens with zero attached hydrogens (tertiary/aromatic N) is 2. The van der Waals surface area contributed by atoms with E-state index in [9.17, 15) is 23.3 Å². The number of hydrogen-bond donors (Lipinski definition) is 1. The van der Waals surface area contributed by atoms with Crippen molar-refractivity contribution in [2.45, 2.75) is 16.0 Å². The third kappa shape index (κ3) is 5.35. The minimum Gasteiger partial charge on any atom is -0.490 e.